The number of aryl methyl sites for hydroxylation is 1. The minimum Gasteiger partial charge on any atom is -0.451 e. The maximum Gasteiger partial charge on any atom is 0.352 e. The molecule has 0 bridgehead atoms. The Balaban J connectivity index is 1.92. The van der Waals surface area contributed by atoms with Gasteiger partial charge in [0.2, 0.25) is 0 Å². The van der Waals surface area contributed by atoms with Crippen LogP contribution in [0.5, 0.6) is 0 Å². The fourth-order valence-electron chi connectivity index (χ4n) is 1.73. The van der Waals surface area contributed by atoms with Gasteiger partial charge in [0.05, 0.1) is 11.4 Å². The minimum absolute atomic E-state index is 0.345. The normalized spacial score (nSPS) is 10.3. The smallest absolute Gasteiger partial charge is 0.352 e. The van der Waals surface area contributed by atoms with Crippen molar-refractivity contribution >= 4 is 40.9 Å². The highest BCUT2D eigenvalue weighted by Gasteiger charge is 2.18. The number of carbonyl (C=O) groups excluding carboxylic acids is 2. The van der Waals surface area contributed by atoms with Crippen LogP contribution >= 0.6 is 23.3 Å². The molecule has 1 heterocycles. The Morgan fingerprint density at radius 2 is 2.14 bits per heavy atom. The molecule has 0 saturated heterocycles. The van der Waals surface area contributed by atoms with Crippen molar-refractivity contribution in [1.82, 2.24) is 9.59 Å². The number of ether oxygens (including phenoxy) is 1. The van der Waals surface area contributed by atoms with Gasteiger partial charge in [-0.2, -0.15) is 0 Å². The van der Waals surface area contributed by atoms with Crippen LogP contribution in [0.2, 0.25) is 0 Å². The topological polar surface area (TPSA) is 81.2 Å². The van der Waals surface area contributed by atoms with Gasteiger partial charge in [-0.15, -0.1) is 16.9 Å². The van der Waals surface area contributed by atoms with E-state index in [1.54, 1.807) is 6.07 Å². The van der Waals surface area contributed by atoms with E-state index in [-0.39, 0.29) is 12.5 Å². The standard InChI is InChI=1S/C14H15N3O3S2/c1-3-9-13(22-17-16-9)14(19)20-8-12(18)15-10-6-4-5-7-11(10)21-2/h4-7H,3,8H2,1-2H3,(H,15,18). The average molecular weight is 337 g/mol. The molecule has 0 saturated carbocycles. The summed E-state index contributed by atoms with van der Waals surface area (Å²) in [5, 5.41) is 6.56. The molecule has 0 aliphatic carbocycles. The molecule has 0 radical (unpaired) electrons. The van der Waals surface area contributed by atoms with Crippen molar-refractivity contribution in [3.05, 3.63) is 34.8 Å². The maximum absolute atomic E-state index is 11.9. The number of aromatic nitrogens is 2. The molecule has 1 N–H and O–H groups in total. The van der Waals surface area contributed by atoms with E-state index in [4.69, 9.17) is 4.74 Å². The maximum atomic E-state index is 11.9. The van der Waals surface area contributed by atoms with Crippen LogP contribution in [0.3, 0.4) is 0 Å². The Morgan fingerprint density at radius 3 is 2.86 bits per heavy atom. The fraction of sp³-hybridized carbons (Fsp3) is 0.286. The van der Waals surface area contributed by atoms with E-state index in [1.807, 2.05) is 31.4 Å². The van der Waals surface area contributed by atoms with Gasteiger partial charge in [0.15, 0.2) is 11.5 Å². The van der Waals surface area contributed by atoms with E-state index in [2.05, 4.69) is 14.9 Å². The first kappa shape index (κ1) is 16.4. The third-order valence-electron chi connectivity index (χ3n) is 2.79. The molecule has 0 atom stereocenters. The molecule has 0 aliphatic rings. The summed E-state index contributed by atoms with van der Waals surface area (Å²) in [7, 11) is 0. The first-order chi connectivity index (χ1) is 10.7. The fourth-order valence-corrected chi connectivity index (χ4v) is 2.92. The van der Waals surface area contributed by atoms with Gasteiger partial charge < -0.3 is 10.1 Å². The Kier molecular flexibility index (Phi) is 5.91. The van der Waals surface area contributed by atoms with Crippen LogP contribution < -0.4 is 5.32 Å². The Morgan fingerprint density at radius 1 is 1.36 bits per heavy atom. The number of carbonyl (C=O) groups is 2. The number of para-hydroxylation sites is 1. The first-order valence-corrected chi connectivity index (χ1v) is 8.56. The van der Waals surface area contributed by atoms with E-state index in [0.717, 1.165) is 16.4 Å². The Bertz CT molecular complexity index is 673. The quantitative estimate of drug-likeness (QED) is 0.644. The molecule has 1 amide bonds. The zero-order valence-corrected chi connectivity index (χ0v) is 13.8. The molecule has 0 spiro atoms. The molecule has 2 rings (SSSR count). The molecule has 0 aliphatic heterocycles. The number of nitrogens with one attached hydrogen (secondary N) is 1. The molecule has 2 aromatic rings. The number of benzene rings is 1. The lowest BCUT2D eigenvalue weighted by molar-refractivity contribution is -0.119. The number of nitrogens with zero attached hydrogens (tertiary/aromatic N) is 2. The van der Waals surface area contributed by atoms with Gasteiger partial charge in [0.25, 0.3) is 5.91 Å². The van der Waals surface area contributed by atoms with Gasteiger partial charge in [0, 0.05) is 4.90 Å². The summed E-state index contributed by atoms with van der Waals surface area (Å²) in [5.41, 5.74) is 1.29. The van der Waals surface area contributed by atoms with Crippen molar-refractivity contribution in [1.29, 1.82) is 0 Å². The zero-order valence-electron chi connectivity index (χ0n) is 12.2. The van der Waals surface area contributed by atoms with Gasteiger partial charge in [-0.05, 0) is 36.3 Å². The third-order valence-corrected chi connectivity index (χ3v) is 4.34. The largest absolute Gasteiger partial charge is 0.451 e. The number of hydrogen-bond donors (Lipinski definition) is 1. The van der Waals surface area contributed by atoms with Crippen LogP contribution in [0.25, 0.3) is 0 Å². The monoisotopic (exact) mass is 337 g/mol. The van der Waals surface area contributed by atoms with E-state index in [1.165, 1.54) is 11.8 Å². The van der Waals surface area contributed by atoms with Crippen molar-refractivity contribution in [3.63, 3.8) is 0 Å². The predicted octanol–water partition coefficient (Wildman–Crippen LogP) is 2.62. The van der Waals surface area contributed by atoms with Gasteiger partial charge >= 0.3 is 5.97 Å². The lowest BCUT2D eigenvalue weighted by Gasteiger charge is -2.09. The highest BCUT2D eigenvalue weighted by Crippen LogP contribution is 2.24. The number of esters is 1. The Labute approximate surface area is 136 Å². The molecule has 22 heavy (non-hydrogen) atoms. The van der Waals surface area contributed by atoms with Crippen LogP contribution in [-0.2, 0) is 16.0 Å². The van der Waals surface area contributed by atoms with Gasteiger partial charge in [-0.3, -0.25) is 4.79 Å². The predicted molar refractivity (Wildman–Crippen MR) is 86.4 cm³/mol. The van der Waals surface area contributed by atoms with Crippen LogP contribution in [0, 0.1) is 0 Å². The summed E-state index contributed by atoms with van der Waals surface area (Å²) in [4.78, 5) is 25.1. The van der Waals surface area contributed by atoms with Crippen molar-refractivity contribution in [3.8, 4) is 0 Å². The van der Waals surface area contributed by atoms with Crippen LogP contribution in [0.15, 0.2) is 29.2 Å². The molecule has 0 unspecified atom stereocenters. The summed E-state index contributed by atoms with van der Waals surface area (Å²) in [5.74, 6) is -0.953. The first-order valence-electron chi connectivity index (χ1n) is 6.57. The number of thioether (sulfide) groups is 1. The lowest BCUT2D eigenvalue weighted by Crippen LogP contribution is -2.21. The molecule has 6 nitrogen and oxygen atoms in total. The number of hydrogen-bond acceptors (Lipinski definition) is 7. The zero-order chi connectivity index (χ0) is 15.9. The second-order valence-electron chi connectivity index (χ2n) is 4.23. The second kappa shape index (κ2) is 7.90. The van der Waals surface area contributed by atoms with Gasteiger partial charge in [-0.25, -0.2) is 4.79 Å². The summed E-state index contributed by atoms with van der Waals surface area (Å²) < 4.78 is 8.73. The number of anilines is 1. The van der Waals surface area contributed by atoms with Crippen molar-refractivity contribution < 1.29 is 14.3 Å². The van der Waals surface area contributed by atoms with Crippen molar-refractivity contribution in [2.75, 3.05) is 18.2 Å². The molecule has 0 fully saturated rings. The van der Waals surface area contributed by atoms with Gasteiger partial charge in [0.1, 0.15) is 0 Å². The molecule has 8 heteroatoms. The Hall–Kier alpha value is -1.93. The van der Waals surface area contributed by atoms with E-state index < -0.39 is 5.97 Å². The summed E-state index contributed by atoms with van der Waals surface area (Å²) >= 11 is 2.50. The number of amides is 1. The average Bonchev–Trinajstić information content (AvgIpc) is 3.01. The SMILES string of the molecule is CCc1nnsc1C(=O)OCC(=O)Nc1ccccc1SC. The van der Waals surface area contributed by atoms with Gasteiger partial charge in [-0.1, -0.05) is 23.5 Å². The second-order valence-corrected chi connectivity index (χ2v) is 5.83. The minimum atomic E-state index is -0.569. The van der Waals surface area contributed by atoms with E-state index in [0.29, 0.717) is 22.7 Å². The summed E-state index contributed by atoms with van der Waals surface area (Å²) in [6.07, 6.45) is 2.52. The van der Waals surface area contributed by atoms with Crippen molar-refractivity contribution in [2.45, 2.75) is 18.2 Å². The van der Waals surface area contributed by atoms with Crippen LogP contribution in [-0.4, -0.2) is 34.3 Å². The summed E-state index contributed by atoms with van der Waals surface area (Å²) in [6.45, 7) is 1.53. The van der Waals surface area contributed by atoms with E-state index in [9.17, 15) is 9.59 Å². The molecular weight excluding hydrogens is 322 g/mol. The third kappa shape index (κ3) is 4.05. The molecule has 1 aromatic heterocycles. The van der Waals surface area contributed by atoms with E-state index >= 15 is 0 Å². The molecular formula is C14H15N3O3S2. The highest BCUT2D eigenvalue weighted by molar-refractivity contribution is 7.98. The van der Waals surface area contributed by atoms with Crippen molar-refractivity contribution in [2.24, 2.45) is 0 Å². The lowest BCUT2D eigenvalue weighted by atomic mass is 10.3. The van der Waals surface area contributed by atoms with Crippen LogP contribution in [0.4, 0.5) is 5.69 Å². The molecule has 116 valence electrons. The highest BCUT2D eigenvalue weighted by atomic mass is 32.2. The summed E-state index contributed by atoms with van der Waals surface area (Å²) in [6, 6.07) is 7.43. The molecule has 1 aromatic carbocycles. The van der Waals surface area contributed by atoms with Crippen LogP contribution in [0.1, 0.15) is 22.3 Å². The number of rotatable bonds is 6.